The number of benzene rings is 2. The number of fused-ring (bicyclic) bond motifs is 2. The number of rotatable bonds is 20. The summed E-state index contributed by atoms with van der Waals surface area (Å²) in [5.74, 6) is -1.70. The van der Waals surface area contributed by atoms with Crippen molar-refractivity contribution in [2.45, 2.75) is 99.8 Å². The average molecular weight is 835 g/mol. The first-order valence-electron chi connectivity index (χ1n) is 19.9. The van der Waals surface area contributed by atoms with Crippen molar-refractivity contribution in [3.8, 4) is 0 Å². The summed E-state index contributed by atoms with van der Waals surface area (Å²) < 4.78 is 12.0. The lowest BCUT2D eigenvalue weighted by molar-refractivity contribution is -0.143. The predicted octanol–water partition coefficient (Wildman–Crippen LogP) is 5.70. The molecule has 18 heteroatoms. The Morgan fingerprint density at radius 1 is 0.770 bits per heavy atom. The van der Waals surface area contributed by atoms with Crippen molar-refractivity contribution >= 4 is 63.6 Å². The molecule has 0 saturated heterocycles. The van der Waals surface area contributed by atoms with Crippen LogP contribution in [0.15, 0.2) is 55.1 Å². The molecule has 0 saturated carbocycles. The number of hydrogen-bond donors (Lipinski definition) is 4. The second-order valence-corrected chi connectivity index (χ2v) is 14.3. The molecule has 2 aromatic carbocycles. The fourth-order valence-electron chi connectivity index (χ4n) is 7.28. The van der Waals surface area contributed by atoms with E-state index in [0.717, 1.165) is 24.1 Å². The van der Waals surface area contributed by atoms with Crippen molar-refractivity contribution in [1.82, 2.24) is 38.7 Å². The number of anilines is 2. The summed E-state index contributed by atoms with van der Waals surface area (Å²) in [6, 6.07) is 11.5. The van der Waals surface area contributed by atoms with Crippen LogP contribution in [0.5, 0.6) is 0 Å². The molecule has 4 heterocycles. The van der Waals surface area contributed by atoms with Crippen LogP contribution in [0, 0.1) is 13.8 Å². The minimum Gasteiger partial charge on any atom is -0.466 e. The van der Waals surface area contributed by atoms with E-state index in [9.17, 15) is 24.0 Å². The summed E-state index contributed by atoms with van der Waals surface area (Å²) in [6.45, 7) is 13.2. The minimum absolute atomic E-state index is 0. The molecule has 6 rings (SSSR count). The van der Waals surface area contributed by atoms with Crippen molar-refractivity contribution in [2.24, 2.45) is 11.5 Å². The van der Waals surface area contributed by atoms with Gasteiger partial charge in [-0.15, -0.1) is 6.58 Å². The number of carbonyl (C=O) groups is 5. The van der Waals surface area contributed by atoms with Crippen molar-refractivity contribution in [3.05, 3.63) is 94.6 Å². The van der Waals surface area contributed by atoms with E-state index < -0.39 is 17.7 Å². The second kappa shape index (κ2) is 19.8. The molecule has 0 radical (unpaired) electrons. The molecule has 0 fully saturated rings. The van der Waals surface area contributed by atoms with E-state index in [2.05, 4.69) is 37.4 Å². The van der Waals surface area contributed by atoms with E-state index in [1.54, 1.807) is 69.4 Å². The molecule has 322 valence electrons. The Morgan fingerprint density at radius 2 is 1.39 bits per heavy atom. The van der Waals surface area contributed by atoms with Gasteiger partial charge in [0.1, 0.15) is 11.4 Å². The Hall–Kier alpha value is -7.11. The van der Waals surface area contributed by atoms with E-state index in [1.165, 1.54) is 0 Å². The Labute approximate surface area is 353 Å². The zero-order valence-electron chi connectivity index (χ0n) is 34.3. The van der Waals surface area contributed by atoms with Crippen LogP contribution in [0.25, 0.3) is 22.1 Å². The number of allylic oxidation sites excluding steroid dienone is 1. The first-order valence-corrected chi connectivity index (χ1v) is 19.9. The van der Waals surface area contributed by atoms with Crippen molar-refractivity contribution in [1.29, 1.82) is 0 Å². The summed E-state index contributed by atoms with van der Waals surface area (Å²) in [4.78, 5) is 72.7. The molecular weight excluding hydrogens is 781 g/mol. The topological polar surface area (TPSA) is 242 Å². The Morgan fingerprint density at radius 3 is 2.00 bits per heavy atom. The van der Waals surface area contributed by atoms with Crippen molar-refractivity contribution in [3.63, 3.8) is 0 Å². The number of amides is 4. The van der Waals surface area contributed by atoms with Crippen LogP contribution in [-0.2, 0) is 42.1 Å². The first kappa shape index (κ1) is 45.0. The molecule has 0 spiro atoms. The van der Waals surface area contributed by atoms with E-state index >= 15 is 0 Å². The Kier molecular flexibility index (Phi) is 14.6. The van der Waals surface area contributed by atoms with Gasteiger partial charge in [-0.3, -0.25) is 44.0 Å². The highest BCUT2D eigenvalue weighted by molar-refractivity contribution is 6.05. The van der Waals surface area contributed by atoms with Gasteiger partial charge in [-0.2, -0.15) is 10.2 Å². The quantitative estimate of drug-likeness (QED) is 0.0416. The number of nitrogens with zero attached hydrogens (tertiary/aromatic N) is 8. The molecule has 6 N–H and O–H groups in total. The van der Waals surface area contributed by atoms with Gasteiger partial charge in [0.05, 0.1) is 40.1 Å². The van der Waals surface area contributed by atoms with Gasteiger partial charge in [0, 0.05) is 49.3 Å². The van der Waals surface area contributed by atoms with Crippen molar-refractivity contribution < 1.29 is 28.7 Å². The van der Waals surface area contributed by atoms with Crippen LogP contribution in [0.4, 0.5) is 11.9 Å². The van der Waals surface area contributed by atoms with Crippen LogP contribution in [0.1, 0.15) is 112 Å². The SMILES string of the molecule is C.C=CCn1c(NC(=O)c2c(CCCCCn3nc(C)cc3C(=O)Nc3nc4cc(C(N)=O)ccc4n3CCCC(=O)OCC)c(C)nn2CC)nc2cc(C(N)=O)ccc21. The molecule has 0 unspecified atom stereocenters. The van der Waals surface area contributed by atoms with Crippen molar-refractivity contribution in [2.75, 3.05) is 17.2 Å². The fourth-order valence-corrected chi connectivity index (χ4v) is 7.28. The van der Waals surface area contributed by atoms with Crippen LogP contribution in [-0.4, -0.2) is 74.9 Å². The summed E-state index contributed by atoms with van der Waals surface area (Å²) in [6.07, 6.45) is 5.12. The van der Waals surface area contributed by atoms with Gasteiger partial charge < -0.3 is 25.3 Å². The zero-order chi connectivity index (χ0) is 43.1. The Bertz CT molecular complexity index is 2610. The highest BCUT2D eigenvalue weighted by Crippen LogP contribution is 2.26. The van der Waals surface area contributed by atoms with Crippen LogP contribution in [0.3, 0.4) is 0 Å². The third-order valence-corrected chi connectivity index (χ3v) is 10.1. The van der Waals surface area contributed by atoms with Gasteiger partial charge in [0.15, 0.2) is 0 Å². The molecule has 0 aliphatic carbocycles. The molecular formula is C43H54N12O6. The number of carbonyl (C=O) groups excluding carboxylic acids is 5. The van der Waals surface area contributed by atoms with E-state index in [-0.39, 0.29) is 43.8 Å². The molecule has 0 atom stereocenters. The molecule has 6 aromatic rings. The standard InChI is InChI=1S/C42H50N12O6.CH4/c1-6-19-51-32-17-15-27(37(43)56)23-30(32)46-42(51)48-40(59)36-29(26(5)50-53(36)7-2)13-10-9-11-21-54-34(22-25(4)49-54)39(58)47-41-45-31-24-28(38(44)57)16-18-33(31)52(41)20-12-14-35(55)60-8-3;/h6,15-18,22-24H,1,7-14,19-21H2,2-5H3,(H2,43,56)(H2,44,57)(H,45,47,58)(H,46,48,59);1H4. The number of nitrogens with one attached hydrogen (secondary N) is 2. The maximum absolute atomic E-state index is 13.9. The van der Waals surface area contributed by atoms with Crippen LogP contribution < -0.4 is 22.1 Å². The van der Waals surface area contributed by atoms with Crippen LogP contribution >= 0.6 is 0 Å². The molecule has 4 aromatic heterocycles. The van der Waals surface area contributed by atoms with E-state index in [1.807, 2.05) is 25.3 Å². The Balaban J connectivity index is 0.00000704. The number of unbranched alkanes of at least 4 members (excludes halogenated alkanes) is 2. The lowest BCUT2D eigenvalue weighted by Gasteiger charge is -2.12. The monoisotopic (exact) mass is 834 g/mol. The predicted molar refractivity (Wildman–Crippen MR) is 232 cm³/mol. The van der Waals surface area contributed by atoms with E-state index in [0.29, 0.717) is 96.1 Å². The lowest BCUT2D eigenvalue weighted by atomic mass is 10.0. The van der Waals surface area contributed by atoms with Gasteiger partial charge >= 0.3 is 5.97 Å². The fraction of sp³-hybridized carbons (Fsp3) is 0.372. The maximum atomic E-state index is 13.9. The number of ether oxygens (including phenoxy) is 1. The number of primary amides is 2. The summed E-state index contributed by atoms with van der Waals surface area (Å²) in [7, 11) is 0. The summed E-state index contributed by atoms with van der Waals surface area (Å²) >= 11 is 0. The highest BCUT2D eigenvalue weighted by Gasteiger charge is 2.24. The largest absolute Gasteiger partial charge is 0.466 e. The normalized spacial score (nSPS) is 11.1. The molecule has 18 nitrogen and oxygen atoms in total. The number of imidazole rings is 2. The molecule has 0 bridgehead atoms. The van der Waals surface area contributed by atoms with Gasteiger partial charge in [-0.25, -0.2) is 9.97 Å². The number of esters is 1. The highest BCUT2D eigenvalue weighted by atomic mass is 16.5. The van der Waals surface area contributed by atoms with E-state index in [4.69, 9.17) is 16.2 Å². The zero-order valence-corrected chi connectivity index (χ0v) is 34.3. The third kappa shape index (κ3) is 10.0. The number of nitrogens with two attached hydrogens (primary N) is 2. The van der Waals surface area contributed by atoms with Gasteiger partial charge in [-0.05, 0) is 95.8 Å². The number of aryl methyl sites for hydroxylation is 5. The molecule has 0 aliphatic heterocycles. The molecule has 0 aliphatic rings. The van der Waals surface area contributed by atoms with Gasteiger partial charge in [0.25, 0.3) is 11.8 Å². The molecule has 61 heavy (non-hydrogen) atoms. The number of aromatic nitrogens is 8. The maximum Gasteiger partial charge on any atom is 0.305 e. The lowest BCUT2D eigenvalue weighted by Crippen LogP contribution is -2.21. The summed E-state index contributed by atoms with van der Waals surface area (Å²) in [5, 5.41) is 15.1. The van der Waals surface area contributed by atoms with Gasteiger partial charge in [-0.1, -0.05) is 19.9 Å². The second-order valence-electron chi connectivity index (χ2n) is 14.3. The minimum atomic E-state index is -0.600. The summed E-state index contributed by atoms with van der Waals surface area (Å²) in [5.41, 5.74) is 17.0. The van der Waals surface area contributed by atoms with Gasteiger partial charge in [0.2, 0.25) is 23.7 Å². The molecule has 4 amide bonds. The first-order chi connectivity index (χ1) is 28.8. The third-order valence-electron chi connectivity index (χ3n) is 10.1. The average Bonchev–Trinajstić information content (AvgIpc) is 3.95. The smallest absolute Gasteiger partial charge is 0.305 e. The number of hydrogen-bond acceptors (Lipinski definition) is 10. The van der Waals surface area contributed by atoms with Crippen LogP contribution in [0.2, 0.25) is 0 Å².